The molecule has 0 saturated heterocycles. The molecular weight excluding hydrogens is 204 g/mol. The van der Waals surface area contributed by atoms with Crippen LogP contribution in [0.5, 0.6) is 5.75 Å². The smallest absolute Gasteiger partial charge is 0.307 e. The normalized spacial score (nSPS) is 10.6. The van der Waals surface area contributed by atoms with Crippen LogP contribution in [0.4, 0.5) is 0 Å². The summed E-state index contributed by atoms with van der Waals surface area (Å²) in [5, 5.41) is 8.49. The van der Waals surface area contributed by atoms with Gasteiger partial charge in [-0.2, -0.15) is 0 Å². The Balaban J connectivity index is 2.73. The lowest BCUT2D eigenvalue weighted by Crippen LogP contribution is -1.94. The Morgan fingerprint density at radius 2 is 2.25 bits per heavy atom. The predicted molar refractivity (Wildman–Crippen MR) is 63.6 cm³/mol. The molecular formula is C13H16O3. The molecule has 1 N–H and O–H groups in total. The SMILES string of the molecule is CCOc1ccc(/C=C/CC(=O)O)cc1C. The highest BCUT2D eigenvalue weighted by Gasteiger charge is 1.98. The van der Waals surface area contributed by atoms with Crippen molar-refractivity contribution in [1.82, 2.24) is 0 Å². The lowest BCUT2D eigenvalue weighted by molar-refractivity contribution is -0.135. The summed E-state index contributed by atoms with van der Waals surface area (Å²) in [6.45, 7) is 4.56. The molecule has 1 aromatic rings. The van der Waals surface area contributed by atoms with Gasteiger partial charge in [0.05, 0.1) is 13.0 Å². The van der Waals surface area contributed by atoms with E-state index in [0.29, 0.717) is 6.61 Å². The fourth-order valence-corrected chi connectivity index (χ4v) is 1.39. The minimum Gasteiger partial charge on any atom is -0.494 e. The number of ether oxygens (including phenoxy) is 1. The van der Waals surface area contributed by atoms with Crippen molar-refractivity contribution in [3.8, 4) is 5.75 Å². The molecule has 1 aromatic carbocycles. The van der Waals surface area contributed by atoms with Crippen molar-refractivity contribution in [2.45, 2.75) is 20.3 Å². The molecule has 0 atom stereocenters. The zero-order chi connectivity index (χ0) is 12.0. The van der Waals surface area contributed by atoms with E-state index < -0.39 is 5.97 Å². The summed E-state index contributed by atoms with van der Waals surface area (Å²) in [5.74, 6) is 0.0526. The third-order valence-electron chi connectivity index (χ3n) is 2.10. The summed E-state index contributed by atoms with van der Waals surface area (Å²) >= 11 is 0. The van der Waals surface area contributed by atoms with E-state index in [-0.39, 0.29) is 6.42 Å². The molecule has 0 amide bonds. The Bertz CT molecular complexity index is 394. The van der Waals surface area contributed by atoms with Gasteiger partial charge in [0.1, 0.15) is 5.75 Å². The largest absolute Gasteiger partial charge is 0.494 e. The third-order valence-corrected chi connectivity index (χ3v) is 2.10. The van der Waals surface area contributed by atoms with Crippen molar-refractivity contribution < 1.29 is 14.6 Å². The minimum absolute atomic E-state index is 0.0479. The summed E-state index contributed by atoms with van der Waals surface area (Å²) in [6.07, 6.45) is 3.49. The first-order chi connectivity index (χ1) is 7.63. The van der Waals surface area contributed by atoms with Crippen LogP contribution in [0.15, 0.2) is 24.3 Å². The minimum atomic E-state index is -0.820. The van der Waals surface area contributed by atoms with Crippen LogP contribution in [0.25, 0.3) is 6.08 Å². The first-order valence-electron chi connectivity index (χ1n) is 5.25. The van der Waals surface area contributed by atoms with Crippen molar-refractivity contribution in [1.29, 1.82) is 0 Å². The zero-order valence-corrected chi connectivity index (χ0v) is 9.56. The number of rotatable bonds is 5. The summed E-state index contributed by atoms with van der Waals surface area (Å²) in [4.78, 5) is 10.3. The first-order valence-corrected chi connectivity index (χ1v) is 5.25. The van der Waals surface area contributed by atoms with Crippen LogP contribution in [0, 0.1) is 6.92 Å². The molecule has 0 heterocycles. The number of aryl methyl sites for hydroxylation is 1. The van der Waals surface area contributed by atoms with Crippen molar-refractivity contribution in [2.75, 3.05) is 6.61 Å². The van der Waals surface area contributed by atoms with E-state index in [2.05, 4.69) is 0 Å². The van der Waals surface area contributed by atoms with Crippen LogP contribution in [-0.2, 0) is 4.79 Å². The van der Waals surface area contributed by atoms with Crippen molar-refractivity contribution in [3.63, 3.8) is 0 Å². The number of aliphatic carboxylic acids is 1. The molecule has 3 nitrogen and oxygen atoms in total. The number of hydrogen-bond acceptors (Lipinski definition) is 2. The summed E-state index contributed by atoms with van der Waals surface area (Å²) in [7, 11) is 0. The van der Waals surface area contributed by atoms with Gasteiger partial charge in [0.25, 0.3) is 0 Å². The van der Waals surface area contributed by atoms with Crippen molar-refractivity contribution in [3.05, 3.63) is 35.4 Å². The molecule has 0 radical (unpaired) electrons. The Morgan fingerprint density at radius 1 is 1.50 bits per heavy atom. The highest BCUT2D eigenvalue weighted by molar-refractivity contribution is 5.70. The van der Waals surface area contributed by atoms with E-state index in [9.17, 15) is 4.79 Å². The van der Waals surface area contributed by atoms with E-state index in [1.807, 2.05) is 32.0 Å². The highest BCUT2D eigenvalue weighted by atomic mass is 16.5. The Hall–Kier alpha value is -1.77. The average molecular weight is 220 g/mol. The van der Waals surface area contributed by atoms with Crippen LogP contribution in [-0.4, -0.2) is 17.7 Å². The van der Waals surface area contributed by atoms with Gasteiger partial charge in [0.15, 0.2) is 0 Å². The van der Waals surface area contributed by atoms with Crippen LogP contribution in [0.3, 0.4) is 0 Å². The van der Waals surface area contributed by atoms with Crippen LogP contribution >= 0.6 is 0 Å². The van der Waals surface area contributed by atoms with Gasteiger partial charge in [-0.1, -0.05) is 18.2 Å². The maximum atomic E-state index is 10.3. The highest BCUT2D eigenvalue weighted by Crippen LogP contribution is 2.19. The quantitative estimate of drug-likeness (QED) is 0.829. The van der Waals surface area contributed by atoms with Gasteiger partial charge in [-0.3, -0.25) is 4.79 Å². The molecule has 86 valence electrons. The molecule has 0 unspecified atom stereocenters. The molecule has 16 heavy (non-hydrogen) atoms. The van der Waals surface area contributed by atoms with Gasteiger partial charge in [-0.05, 0) is 37.1 Å². The summed E-state index contributed by atoms with van der Waals surface area (Å²) < 4.78 is 5.42. The van der Waals surface area contributed by atoms with Crippen LogP contribution < -0.4 is 4.74 Å². The number of hydrogen-bond donors (Lipinski definition) is 1. The van der Waals surface area contributed by atoms with Gasteiger partial charge < -0.3 is 9.84 Å². The fourth-order valence-electron chi connectivity index (χ4n) is 1.39. The van der Waals surface area contributed by atoms with Crippen LogP contribution in [0.2, 0.25) is 0 Å². The van der Waals surface area contributed by atoms with E-state index in [0.717, 1.165) is 16.9 Å². The van der Waals surface area contributed by atoms with Gasteiger partial charge in [-0.15, -0.1) is 0 Å². The molecule has 0 saturated carbocycles. The molecule has 3 heteroatoms. The van der Waals surface area contributed by atoms with Gasteiger partial charge in [0.2, 0.25) is 0 Å². The molecule has 0 aromatic heterocycles. The number of carbonyl (C=O) groups is 1. The van der Waals surface area contributed by atoms with E-state index in [1.165, 1.54) is 0 Å². The fraction of sp³-hybridized carbons (Fsp3) is 0.308. The second-order valence-corrected chi connectivity index (χ2v) is 3.46. The lowest BCUT2D eigenvalue weighted by Gasteiger charge is -2.07. The Morgan fingerprint density at radius 3 is 2.81 bits per heavy atom. The first kappa shape index (κ1) is 12.3. The Labute approximate surface area is 95.4 Å². The molecule has 0 bridgehead atoms. The van der Waals surface area contributed by atoms with E-state index in [1.54, 1.807) is 12.2 Å². The third kappa shape index (κ3) is 3.77. The number of carboxylic acids is 1. The monoisotopic (exact) mass is 220 g/mol. The predicted octanol–water partition coefficient (Wildman–Crippen LogP) is 2.88. The zero-order valence-electron chi connectivity index (χ0n) is 9.56. The molecule has 1 rings (SSSR count). The second kappa shape index (κ2) is 5.95. The van der Waals surface area contributed by atoms with Crippen molar-refractivity contribution >= 4 is 12.0 Å². The average Bonchev–Trinajstić information content (AvgIpc) is 2.21. The molecule has 0 aliphatic carbocycles. The van der Waals surface area contributed by atoms with Gasteiger partial charge >= 0.3 is 5.97 Å². The Kier molecular flexibility index (Phi) is 4.58. The maximum absolute atomic E-state index is 10.3. The van der Waals surface area contributed by atoms with E-state index in [4.69, 9.17) is 9.84 Å². The van der Waals surface area contributed by atoms with Crippen molar-refractivity contribution in [2.24, 2.45) is 0 Å². The van der Waals surface area contributed by atoms with Gasteiger partial charge in [0, 0.05) is 0 Å². The van der Waals surface area contributed by atoms with Crippen LogP contribution in [0.1, 0.15) is 24.5 Å². The lowest BCUT2D eigenvalue weighted by atomic mass is 10.1. The standard InChI is InChI=1S/C13H16O3/c1-3-16-12-8-7-11(9-10(12)2)5-4-6-13(14)15/h4-5,7-9H,3,6H2,1-2H3,(H,14,15)/b5-4+. The van der Waals surface area contributed by atoms with E-state index >= 15 is 0 Å². The second-order valence-electron chi connectivity index (χ2n) is 3.46. The molecule has 0 fully saturated rings. The molecule has 0 aliphatic rings. The molecule has 0 aliphatic heterocycles. The van der Waals surface area contributed by atoms with Gasteiger partial charge in [-0.25, -0.2) is 0 Å². The summed E-state index contributed by atoms with van der Waals surface area (Å²) in [6, 6.07) is 5.79. The maximum Gasteiger partial charge on any atom is 0.307 e. The number of benzene rings is 1. The topological polar surface area (TPSA) is 46.5 Å². The molecule has 0 spiro atoms. The number of carboxylic acid groups (broad SMARTS) is 1. The summed E-state index contributed by atoms with van der Waals surface area (Å²) in [5.41, 5.74) is 2.04.